The number of hydrogen-bond donors (Lipinski definition) is 2. The molecule has 0 radical (unpaired) electrons. The zero-order chi connectivity index (χ0) is 11.2. The van der Waals surface area contributed by atoms with Crippen LogP contribution in [-0.2, 0) is 10.2 Å². The summed E-state index contributed by atoms with van der Waals surface area (Å²) in [6.45, 7) is 3.59. The van der Waals surface area contributed by atoms with Gasteiger partial charge in [-0.05, 0) is 11.6 Å². The third-order valence-electron chi connectivity index (χ3n) is 2.97. The van der Waals surface area contributed by atoms with Crippen molar-refractivity contribution in [3.8, 4) is 0 Å². The highest BCUT2D eigenvalue weighted by atomic mass is 19.1. The first-order chi connectivity index (χ1) is 6.94. The molecule has 15 heavy (non-hydrogen) atoms. The van der Waals surface area contributed by atoms with Gasteiger partial charge < -0.3 is 10.4 Å². The van der Waals surface area contributed by atoms with E-state index in [2.05, 4.69) is 5.32 Å². The number of fused-ring (bicyclic) bond motifs is 1. The lowest BCUT2D eigenvalue weighted by Crippen LogP contribution is -2.40. The minimum Gasteiger partial charge on any atom is -0.480 e. The van der Waals surface area contributed by atoms with E-state index in [4.69, 9.17) is 5.11 Å². The van der Waals surface area contributed by atoms with Crippen LogP contribution in [0.3, 0.4) is 0 Å². The maximum absolute atomic E-state index is 13.4. The molecule has 1 aromatic carbocycles. The van der Waals surface area contributed by atoms with E-state index in [0.29, 0.717) is 5.69 Å². The van der Waals surface area contributed by atoms with Gasteiger partial charge >= 0.3 is 5.97 Å². The summed E-state index contributed by atoms with van der Waals surface area (Å²) in [7, 11) is 0. The van der Waals surface area contributed by atoms with Gasteiger partial charge in [0.05, 0.1) is 5.69 Å². The van der Waals surface area contributed by atoms with Gasteiger partial charge in [-0.3, -0.25) is 0 Å². The first-order valence-corrected chi connectivity index (χ1v) is 4.73. The molecule has 0 spiro atoms. The van der Waals surface area contributed by atoms with Crippen molar-refractivity contribution in [3.63, 3.8) is 0 Å². The molecule has 0 aliphatic carbocycles. The first-order valence-electron chi connectivity index (χ1n) is 4.73. The van der Waals surface area contributed by atoms with Crippen molar-refractivity contribution in [2.45, 2.75) is 25.3 Å². The number of nitrogens with one attached hydrogen (secondary N) is 1. The molecule has 0 bridgehead atoms. The van der Waals surface area contributed by atoms with E-state index >= 15 is 0 Å². The summed E-state index contributed by atoms with van der Waals surface area (Å²) in [6, 6.07) is 3.91. The van der Waals surface area contributed by atoms with Gasteiger partial charge in [-0.15, -0.1) is 0 Å². The number of halogens is 1. The first kappa shape index (κ1) is 9.96. The van der Waals surface area contributed by atoms with Gasteiger partial charge in [0.1, 0.15) is 11.9 Å². The largest absolute Gasteiger partial charge is 0.480 e. The molecule has 80 valence electrons. The number of hydrogen-bond acceptors (Lipinski definition) is 2. The van der Waals surface area contributed by atoms with Crippen LogP contribution in [0.1, 0.15) is 19.4 Å². The molecule has 1 heterocycles. The lowest BCUT2D eigenvalue weighted by molar-refractivity contribution is -0.139. The summed E-state index contributed by atoms with van der Waals surface area (Å²) >= 11 is 0. The molecule has 1 aliphatic heterocycles. The maximum Gasteiger partial charge on any atom is 0.327 e. The SMILES string of the molecule is CC1(C)c2cccc(F)c2N[C@H]1C(=O)O. The fraction of sp³-hybridized carbons (Fsp3) is 0.364. The topological polar surface area (TPSA) is 49.3 Å². The normalized spacial score (nSPS) is 21.9. The van der Waals surface area contributed by atoms with E-state index in [1.165, 1.54) is 6.07 Å². The number of para-hydroxylation sites is 1. The Hall–Kier alpha value is -1.58. The third-order valence-corrected chi connectivity index (χ3v) is 2.97. The van der Waals surface area contributed by atoms with Gasteiger partial charge in [0.2, 0.25) is 0 Å². The number of benzene rings is 1. The number of carboxylic acids is 1. The fourth-order valence-electron chi connectivity index (χ4n) is 2.06. The van der Waals surface area contributed by atoms with Crippen LogP contribution in [-0.4, -0.2) is 17.1 Å². The van der Waals surface area contributed by atoms with Crippen molar-refractivity contribution >= 4 is 11.7 Å². The Labute approximate surface area is 86.9 Å². The summed E-state index contributed by atoms with van der Waals surface area (Å²) in [5.41, 5.74) is 0.438. The molecule has 0 amide bonds. The van der Waals surface area contributed by atoms with Crippen LogP contribution < -0.4 is 5.32 Å². The van der Waals surface area contributed by atoms with Crippen LogP contribution in [0.2, 0.25) is 0 Å². The van der Waals surface area contributed by atoms with E-state index in [0.717, 1.165) is 5.56 Å². The Balaban J connectivity index is 2.56. The number of carboxylic acid groups (broad SMARTS) is 1. The van der Waals surface area contributed by atoms with Crippen LogP contribution >= 0.6 is 0 Å². The predicted octanol–water partition coefficient (Wildman–Crippen LogP) is 1.98. The van der Waals surface area contributed by atoms with E-state index in [1.54, 1.807) is 26.0 Å². The lowest BCUT2D eigenvalue weighted by atomic mass is 9.81. The van der Waals surface area contributed by atoms with Gasteiger partial charge in [-0.25, -0.2) is 9.18 Å². The zero-order valence-electron chi connectivity index (χ0n) is 8.54. The second-order valence-corrected chi connectivity index (χ2v) is 4.30. The molecule has 0 aromatic heterocycles. The van der Waals surface area contributed by atoms with Crippen LogP contribution in [0.4, 0.5) is 10.1 Å². The van der Waals surface area contributed by atoms with Gasteiger partial charge in [-0.2, -0.15) is 0 Å². The molecule has 2 N–H and O–H groups in total. The Morgan fingerprint density at radius 1 is 1.53 bits per heavy atom. The summed E-state index contributed by atoms with van der Waals surface area (Å²) in [6.07, 6.45) is 0. The molecule has 0 fully saturated rings. The molecule has 1 aliphatic rings. The number of aliphatic carboxylic acids is 1. The average molecular weight is 209 g/mol. The fourth-order valence-corrected chi connectivity index (χ4v) is 2.06. The summed E-state index contributed by atoms with van der Waals surface area (Å²) in [5, 5.41) is 11.7. The van der Waals surface area contributed by atoms with E-state index in [1.807, 2.05) is 0 Å². The minimum absolute atomic E-state index is 0.315. The number of carbonyl (C=O) groups is 1. The smallest absolute Gasteiger partial charge is 0.327 e. The zero-order valence-corrected chi connectivity index (χ0v) is 8.54. The van der Waals surface area contributed by atoms with Crippen molar-refractivity contribution in [3.05, 3.63) is 29.6 Å². The Kier molecular flexibility index (Phi) is 1.96. The predicted molar refractivity (Wildman–Crippen MR) is 54.5 cm³/mol. The monoisotopic (exact) mass is 209 g/mol. The molecule has 0 saturated carbocycles. The Morgan fingerprint density at radius 3 is 2.73 bits per heavy atom. The Bertz CT molecular complexity index is 429. The van der Waals surface area contributed by atoms with E-state index in [-0.39, 0.29) is 0 Å². The van der Waals surface area contributed by atoms with Crippen molar-refractivity contribution in [1.29, 1.82) is 0 Å². The molecule has 3 nitrogen and oxygen atoms in total. The molecule has 2 rings (SSSR count). The highest BCUT2D eigenvalue weighted by molar-refractivity contribution is 5.84. The van der Waals surface area contributed by atoms with Crippen LogP contribution in [0, 0.1) is 5.82 Å². The van der Waals surface area contributed by atoms with Crippen LogP contribution in [0.15, 0.2) is 18.2 Å². The standard InChI is InChI=1S/C11H12FNO2/c1-11(2)6-4-3-5-7(12)8(6)13-9(11)10(14)15/h3-5,9,13H,1-2H3,(H,14,15)/t9-/m0/s1. The van der Waals surface area contributed by atoms with Crippen molar-refractivity contribution in [2.75, 3.05) is 5.32 Å². The van der Waals surface area contributed by atoms with Crippen LogP contribution in [0.25, 0.3) is 0 Å². The summed E-state index contributed by atoms with van der Waals surface area (Å²) in [5.74, 6) is -1.36. The second kappa shape index (κ2) is 2.95. The summed E-state index contributed by atoms with van der Waals surface area (Å²) < 4.78 is 13.4. The number of rotatable bonds is 1. The highest BCUT2D eigenvalue weighted by Crippen LogP contribution is 2.41. The van der Waals surface area contributed by atoms with Gasteiger partial charge in [0.15, 0.2) is 0 Å². The van der Waals surface area contributed by atoms with Gasteiger partial charge in [0, 0.05) is 5.41 Å². The molecule has 0 unspecified atom stereocenters. The lowest BCUT2D eigenvalue weighted by Gasteiger charge is -2.23. The Morgan fingerprint density at radius 2 is 2.20 bits per heavy atom. The molecule has 1 aromatic rings. The van der Waals surface area contributed by atoms with Crippen molar-refractivity contribution < 1.29 is 14.3 Å². The third kappa shape index (κ3) is 1.28. The average Bonchev–Trinajstić information content (AvgIpc) is 2.40. The second-order valence-electron chi connectivity index (χ2n) is 4.30. The van der Waals surface area contributed by atoms with Gasteiger partial charge in [0.25, 0.3) is 0 Å². The maximum atomic E-state index is 13.4. The highest BCUT2D eigenvalue weighted by Gasteiger charge is 2.44. The van der Waals surface area contributed by atoms with Crippen LogP contribution in [0.5, 0.6) is 0 Å². The molecule has 4 heteroatoms. The summed E-state index contributed by atoms with van der Waals surface area (Å²) in [4.78, 5) is 11.0. The van der Waals surface area contributed by atoms with Crippen molar-refractivity contribution in [2.24, 2.45) is 0 Å². The number of anilines is 1. The molecule has 1 atom stereocenters. The van der Waals surface area contributed by atoms with Gasteiger partial charge in [-0.1, -0.05) is 26.0 Å². The minimum atomic E-state index is -0.962. The van der Waals surface area contributed by atoms with E-state index < -0.39 is 23.2 Å². The van der Waals surface area contributed by atoms with Crippen molar-refractivity contribution in [1.82, 2.24) is 0 Å². The quantitative estimate of drug-likeness (QED) is 0.743. The molecular weight excluding hydrogens is 197 g/mol. The molecular formula is C11H12FNO2. The molecule has 0 saturated heterocycles. The van der Waals surface area contributed by atoms with E-state index in [9.17, 15) is 9.18 Å².